The molecule has 2 rings (SSSR count). The fourth-order valence-corrected chi connectivity index (χ4v) is 3.03. The first-order chi connectivity index (χ1) is 9.58. The highest BCUT2D eigenvalue weighted by molar-refractivity contribution is 5.20. The molecule has 114 valence electrons. The number of hydrogen-bond donors (Lipinski definition) is 1. The second-order valence-electron chi connectivity index (χ2n) is 6.21. The number of likely N-dealkylation sites (tertiary alicyclic amines) is 1. The lowest BCUT2D eigenvalue weighted by molar-refractivity contribution is 0.246. The third-order valence-electron chi connectivity index (χ3n) is 4.09. The number of rotatable bonds is 7. The van der Waals surface area contributed by atoms with Crippen LogP contribution in [0.25, 0.3) is 0 Å². The minimum atomic E-state index is 0.808. The molecule has 0 amide bonds. The van der Waals surface area contributed by atoms with E-state index in [1.54, 1.807) is 0 Å². The van der Waals surface area contributed by atoms with Crippen molar-refractivity contribution in [2.75, 3.05) is 40.3 Å². The van der Waals surface area contributed by atoms with Crippen LogP contribution in [0.2, 0.25) is 0 Å². The molecule has 1 unspecified atom stereocenters. The first-order valence-electron chi connectivity index (χ1n) is 7.74. The van der Waals surface area contributed by atoms with E-state index in [4.69, 9.17) is 4.42 Å². The van der Waals surface area contributed by atoms with Crippen LogP contribution in [0.4, 0.5) is 0 Å². The van der Waals surface area contributed by atoms with Crippen molar-refractivity contribution in [2.45, 2.75) is 33.4 Å². The lowest BCUT2D eigenvalue weighted by Gasteiger charge is -2.19. The summed E-state index contributed by atoms with van der Waals surface area (Å²) in [5, 5.41) is 3.32. The van der Waals surface area contributed by atoms with Crippen molar-refractivity contribution < 1.29 is 4.42 Å². The molecule has 1 aromatic heterocycles. The van der Waals surface area contributed by atoms with Crippen LogP contribution in [0, 0.1) is 12.8 Å². The maximum absolute atomic E-state index is 5.96. The van der Waals surface area contributed by atoms with Gasteiger partial charge in [0.05, 0.1) is 13.1 Å². The molecule has 2 heterocycles. The van der Waals surface area contributed by atoms with E-state index in [9.17, 15) is 0 Å². The van der Waals surface area contributed by atoms with Crippen LogP contribution in [0.5, 0.6) is 0 Å². The van der Waals surface area contributed by atoms with Gasteiger partial charge < -0.3 is 14.6 Å². The van der Waals surface area contributed by atoms with Gasteiger partial charge in [-0.2, -0.15) is 0 Å². The third-order valence-corrected chi connectivity index (χ3v) is 4.09. The highest BCUT2D eigenvalue weighted by atomic mass is 16.3. The van der Waals surface area contributed by atoms with Crippen molar-refractivity contribution in [1.82, 2.24) is 15.1 Å². The first kappa shape index (κ1) is 15.5. The molecule has 1 saturated heterocycles. The van der Waals surface area contributed by atoms with Crippen molar-refractivity contribution in [1.29, 1.82) is 0 Å². The highest BCUT2D eigenvalue weighted by Crippen LogP contribution is 2.19. The van der Waals surface area contributed by atoms with Gasteiger partial charge >= 0.3 is 0 Å². The fourth-order valence-electron chi connectivity index (χ4n) is 3.03. The highest BCUT2D eigenvalue weighted by Gasteiger charge is 2.21. The summed E-state index contributed by atoms with van der Waals surface area (Å²) in [5.74, 6) is 2.97. The summed E-state index contributed by atoms with van der Waals surface area (Å²) in [5.41, 5.74) is 1.26. The minimum absolute atomic E-state index is 0.808. The van der Waals surface area contributed by atoms with Gasteiger partial charge in [0.25, 0.3) is 0 Å². The summed E-state index contributed by atoms with van der Waals surface area (Å²) in [6.07, 6.45) is 1.32. The van der Waals surface area contributed by atoms with E-state index in [1.165, 1.54) is 25.1 Å². The van der Waals surface area contributed by atoms with Crippen molar-refractivity contribution in [3.05, 3.63) is 23.2 Å². The Labute approximate surface area is 123 Å². The van der Waals surface area contributed by atoms with Gasteiger partial charge in [-0.15, -0.1) is 0 Å². The molecule has 1 aliphatic heterocycles. The Bertz CT molecular complexity index is 416. The summed E-state index contributed by atoms with van der Waals surface area (Å²) in [6, 6.07) is 2.18. The smallest absolute Gasteiger partial charge is 0.120 e. The summed E-state index contributed by atoms with van der Waals surface area (Å²) in [4.78, 5) is 4.81. The second kappa shape index (κ2) is 7.25. The third kappa shape index (κ3) is 4.33. The largest absolute Gasteiger partial charge is 0.463 e. The molecule has 1 atom stereocenters. The van der Waals surface area contributed by atoms with Crippen molar-refractivity contribution >= 4 is 0 Å². The van der Waals surface area contributed by atoms with Gasteiger partial charge in [0.15, 0.2) is 0 Å². The van der Waals surface area contributed by atoms with Crippen molar-refractivity contribution in [3.8, 4) is 0 Å². The average Bonchev–Trinajstić information content (AvgIpc) is 2.93. The van der Waals surface area contributed by atoms with Crippen LogP contribution in [0.1, 0.15) is 30.4 Å². The van der Waals surface area contributed by atoms with Crippen LogP contribution in [-0.4, -0.2) is 50.1 Å². The molecule has 0 bridgehead atoms. The maximum atomic E-state index is 5.96. The molecule has 1 aliphatic rings. The molecule has 1 N–H and O–H groups in total. The lowest BCUT2D eigenvalue weighted by atomic mass is 10.1. The van der Waals surface area contributed by atoms with E-state index in [0.29, 0.717) is 0 Å². The SMILES string of the molecule is CCNCc1oc(CN(C)CC2CCN(C)C2)cc1C. The van der Waals surface area contributed by atoms with E-state index in [1.807, 2.05) is 0 Å². The Morgan fingerprint density at radius 2 is 2.30 bits per heavy atom. The Kier molecular flexibility index (Phi) is 5.64. The van der Waals surface area contributed by atoms with E-state index in [-0.39, 0.29) is 0 Å². The molecule has 1 fully saturated rings. The molecule has 4 heteroatoms. The van der Waals surface area contributed by atoms with Crippen molar-refractivity contribution in [3.63, 3.8) is 0 Å². The Balaban J connectivity index is 1.83. The van der Waals surface area contributed by atoms with Gasteiger partial charge in [-0.1, -0.05) is 6.92 Å². The molecule has 0 saturated carbocycles. The van der Waals surface area contributed by atoms with Gasteiger partial charge in [-0.05, 0) is 58.1 Å². The Morgan fingerprint density at radius 1 is 1.50 bits per heavy atom. The number of nitrogens with zero attached hydrogens (tertiary/aromatic N) is 2. The van der Waals surface area contributed by atoms with Gasteiger partial charge in [-0.25, -0.2) is 0 Å². The predicted molar refractivity (Wildman–Crippen MR) is 82.8 cm³/mol. The van der Waals surface area contributed by atoms with Gasteiger partial charge in [0, 0.05) is 13.1 Å². The fraction of sp³-hybridized carbons (Fsp3) is 0.750. The maximum Gasteiger partial charge on any atom is 0.120 e. The summed E-state index contributed by atoms with van der Waals surface area (Å²) < 4.78 is 5.96. The van der Waals surface area contributed by atoms with Crippen molar-refractivity contribution in [2.24, 2.45) is 5.92 Å². The zero-order valence-corrected chi connectivity index (χ0v) is 13.4. The average molecular weight is 279 g/mol. The van der Waals surface area contributed by atoms with Crippen LogP contribution < -0.4 is 5.32 Å². The van der Waals surface area contributed by atoms with E-state index < -0.39 is 0 Å². The topological polar surface area (TPSA) is 31.7 Å². The predicted octanol–water partition coefficient (Wildman–Crippen LogP) is 2.08. The first-order valence-corrected chi connectivity index (χ1v) is 7.74. The van der Waals surface area contributed by atoms with Gasteiger partial charge in [0.1, 0.15) is 11.5 Å². The van der Waals surface area contributed by atoms with Crippen LogP contribution in [0.3, 0.4) is 0 Å². The van der Waals surface area contributed by atoms with Crippen LogP contribution >= 0.6 is 0 Å². The zero-order chi connectivity index (χ0) is 14.5. The molecule has 0 aliphatic carbocycles. The van der Waals surface area contributed by atoms with E-state index in [0.717, 1.165) is 43.6 Å². The summed E-state index contributed by atoms with van der Waals surface area (Å²) in [7, 11) is 4.41. The van der Waals surface area contributed by atoms with E-state index >= 15 is 0 Å². The normalized spacial score (nSPS) is 20.1. The number of furan rings is 1. The van der Waals surface area contributed by atoms with E-state index in [2.05, 4.69) is 49.1 Å². The summed E-state index contributed by atoms with van der Waals surface area (Å²) >= 11 is 0. The number of hydrogen-bond acceptors (Lipinski definition) is 4. The molecule has 20 heavy (non-hydrogen) atoms. The number of nitrogens with one attached hydrogen (secondary N) is 1. The summed E-state index contributed by atoms with van der Waals surface area (Å²) in [6.45, 7) is 10.6. The van der Waals surface area contributed by atoms with Gasteiger partial charge in [0.2, 0.25) is 0 Å². The minimum Gasteiger partial charge on any atom is -0.463 e. The quantitative estimate of drug-likeness (QED) is 0.828. The monoisotopic (exact) mass is 279 g/mol. The Morgan fingerprint density at radius 3 is 2.95 bits per heavy atom. The van der Waals surface area contributed by atoms with Crippen LogP contribution in [0.15, 0.2) is 10.5 Å². The Hall–Kier alpha value is -0.840. The molecular formula is C16H29N3O. The van der Waals surface area contributed by atoms with Crippen LogP contribution in [-0.2, 0) is 13.1 Å². The molecule has 0 spiro atoms. The van der Waals surface area contributed by atoms with Gasteiger partial charge in [-0.3, -0.25) is 4.90 Å². The second-order valence-corrected chi connectivity index (χ2v) is 6.21. The molecule has 1 aromatic rings. The standard InChI is InChI=1S/C16H29N3O/c1-5-17-9-16-13(2)8-15(20-16)12-19(4)11-14-6-7-18(3)10-14/h8,14,17H,5-7,9-12H2,1-4H3. The lowest BCUT2D eigenvalue weighted by Crippen LogP contribution is -2.26. The number of aryl methyl sites for hydroxylation is 1. The zero-order valence-electron chi connectivity index (χ0n) is 13.4. The molecule has 0 radical (unpaired) electrons. The molecule has 0 aromatic carbocycles. The molecular weight excluding hydrogens is 250 g/mol. The molecule has 4 nitrogen and oxygen atoms in total.